The molecule has 0 saturated carbocycles. The highest BCUT2D eigenvalue weighted by Crippen LogP contribution is 2.29. The fourth-order valence-corrected chi connectivity index (χ4v) is 5.74. The Hall–Kier alpha value is -2.51. The van der Waals surface area contributed by atoms with E-state index in [9.17, 15) is 4.79 Å². The molecule has 1 amide bonds. The fourth-order valence-electron chi connectivity index (χ4n) is 5.74. The lowest BCUT2D eigenvalue weighted by Gasteiger charge is -2.38. The third-order valence-electron chi connectivity index (χ3n) is 7.50. The van der Waals surface area contributed by atoms with E-state index in [1.54, 1.807) is 6.07 Å². The van der Waals surface area contributed by atoms with E-state index < -0.39 is 0 Å². The summed E-state index contributed by atoms with van der Waals surface area (Å²) in [6, 6.07) is 11.2. The molecule has 2 saturated heterocycles. The Morgan fingerprint density at radius 1 is 1.12 bits per heavy atom. The molecule has 1 aromatic carbocycles. The Morgan fingerprint density at radius 3 is 2.48 bits per heavy atom. The average Bonchev–Trinajstić information content (AvgIpc) is 3.48. The van der Waals surface area contributed by atoms with Gasteiger partial charge in [-0.05, 0) is 81.6 Å². The molecular formula is C26H35N5O2. The Morgan fingerprint density at radius 2 is 1.85 bits per heavy atom. The maximum atomic E-state index is 13.4. The summed E-state index contributed by atoms with van der Waals surface area (Å²) in [5, 5.41) is 0. The van der Waals surface area contributed by atoms with Crippen LogP contribution >= 0.6 is 0 Å². The van der Waals surface area contributed by atoms with E-state index in [0.717, 1.165) is 51.9 Å². The lowest BCUT2D eigenvalue weighted by Crippen LogP contribution is -2.46. The van der Waals surface area contributed by atoms with Crippen LogP contribution in [0.2, 0.25) is 0 Å². The van der Waals surface area contributed by atoms with Gasteiger partial charge in [-0.3, -0.25) is 9.69 Å². The predicted molar refractivity (Wildman–Crippen MR) is 128 cm³/mol. The standard InChI is InChI=1S/C26H35N5O2/c1-18-13-24(29-26(27)28-18)25(32)31(17-23-7-4-12-33-23)16-19-8-10-30(11-9-19)22-14-20-5-2-3-6-21(20)15-22/h2-3,5-6,13,19,22-23H,4,7-12,14-17H2,1H3,(H2,27,28,29). The third kappa shape index (κ3) is 5.20. The van der Waals surface area contributed by atoms with Crippen LogP contribution in [0.1, 0.15) is 53.0 Å². The number of aryl methyl sites for hydroxylation is 1. The number of amides is 1. The molecule has 0 bridgehead atoms. The van der Waals surface area contributed by atoms with E-state index >= 15 is 0 Å². The Bertz CT molecular complexity index is 937. The topological polar surface area (TPSA) is 84.6 Å². The van der Waals surface area contributed by atoms with Crippen LogP contribution in [0, 0.1) is 12.8 Å². The molecule has 7 heteroatoms. The van der Waals surface area contributed by atoms with Crippen LogP contribution in [0.15, 0.2) is 30.3 Å². The fraction of sp³-hybridized carbons (Fsp3) is 0.577. The largest absolute Gasteiger partial charge is 0.376 e. The molecule has 1 aromatic heterocycles. The first-order chi connectivity index (χ1) is 16.0. The molecule has 7 nitrogen and oxygen atoms in total. The summed E-state index contributed by atoms with van der Waals surface area (Å²) in [7, 11) is 0. The van der Waals surface area contributed by atoms with Crippen LogP contribution in [-0.2, 0) is 17.6 Å². The first kappa shape index (κ1) is 22.3. The van der Waals surface area contributed by atoms with Crippen molar-refractivity contribution in [3.63, 3.8) is 0 Å². The molecule has 1 atom stereocenters. The molecule has 2 aromatic rings. The molecule has 5 rings (SSSR count). The highest BCUT2D eigenvalue weighted by atomic mass is 16.5. The maximum absolute atomic E-state index is 13.4. The predicted octanol–water partition coefficient (Wildman–Crippen LogP) is 2.87. The summed E-state index contributed by atoms with van der Waals surface area (Å²) < 4.78 is 5.86. The zero-order valence-corrected chi connectivity index (χ0v) is 19.6. The van der Waals surface area contributed by atoms with Crippen molar-refractivity contribution in [2.75, 3.05) is 38.5 Å². The van der Waals surface area contributed by atoms with Gasteiger partial charge in [0.1, 0.15) is 5.69 Å². The van der Waals surface area contributed by atoms with Crippen molar-refractivity contribution in [1.82, 2.24) is 19.8 Å². The molecule has 3 aliphatic rings. The number of piperidine rings is 1. The van der Waals surface area contributed by atoms with E-state index in [-0.39, 0.29) is 18.0 Å². The van der Waals surface area contributed by atoms with Crippen LogP contribution in [-0.4, -0.2) is 70.6 Å². The minimum Gasteiger partial charge on any atom is -0.376 e. The molecule has 2 fully saturated rings. The van der Waals surface area contributed by atoms with Gasteiger partial charge in [-0.1, -0.05) is 24.3 Å². The average molecular weight is 450 g/mol. The van der Waals surface area contributed by atoms with Crippen molar-refractivity contribution in [3.8, 4) is 0 Å². The monoisotopic (exact) mass is 449 g/mol. The van der Waals surface area contributed by atoms with Gasteiger partial charge in [0.2, 0.25) is 5.95 Å². The van der Waals surface area contributed by atoms with Gasteiger partial charge < -0.3 is 15.4 Å². The molecule has 0 radical (unpaired) electrons. The zero-order chi connectivity index (χ0) is 22.8. The summed E-state index contributed by atoms with van der Waals surface area (Å²) in [6.07, 6.45) is 6.76. The van der Waals surface area contributed by atoms with E-state index in [2.05, 4.69) is 39.1 Å². The second kappa shape index (κ2) is 9.77. The van der Waals surface area contributed by atoms with Gasteiger partial charge in [-0.15, -0.1) is 0 Å². The first-order valence-corrected chi connectivity index (χ1v) is 12.4. The highest BCUT2D eigenvalue weighted by Gasteiger charge is 2.32. The van der Waals surface area contributed by atoms with Crippen molar-refractivity contribution in [2.45, 2.75) is 57.6 Å². The van der Waals surface area contributed by atoms with Crippen LogP contribution in [0.5, 0.6) is 0 Å². The summed E-state index contributed by atoms with van der Waals surface area (Å²) in [5.74, 6) is 0.591. The van der Waals surface area contributed by atoms with Crippen LogP contribution in [0.3, 0.4) is 0 Å². The number of fused-ring (bicyclic) bond motifs is 1. The Balaban J connectivity index is 1.21. The first-order valence-electron chi connectivity index (χ1n) is 12.4. The summed E-state index contributed by atoms with van der Waals surface area (Å²) in [4.78, 5) is 26.4. The second-order valence-electron chi connectivity index (χ2n) is 9.91. The number of aromatic nitrogens is 2. The number of likely N-dealkylation sites (tertiary alicyclic amines) is 1. The number of nitrogens with two attached hydrogens (primary N) is 1. The number of benzene rings is 1. The molecule has 33 heavy (non-hydrogen) atoms. The lowest BCUT2D eigenvalue weighted by atomic mass is 9.94. The van der Waals surface area contributed by atoms with Crippen molar-refractivity contribution in [1.29, 1.82) is 0 Å². The summed E-state index contributed by atoms with van der Waals surface area (Å²) >= 11 is 0. The Kier molecular flexibility index (Phi) is 6.60. The molecule has 1 unspecified atom stereocenters. The number of hydrogen-bond acceptors (Lipinski definition) is 6. The zero-order valence-electron chi connectivity index (χ0n) is 19.6. The third-order valence-corrected chi connectivity index (χ3v) is 7.50. The van der Waals surface area contributed by atoms with E-state index in [0.29, 0.717) is 29.9 Å². The van der Waals surface area contributed by atoms with Gasteiger partial charge >= 0.3 is 0 Å². The summed E-state index contributed by atoms with van der Waals surface area (Å²) in [6.45, 7) is 6.21. The number of carbonyl (C=O) groups excluding carboxylic acids is 1. The Labute approximate surface area is 196 Å². The molecular weight excluding hydrogens is 414 g/mol. The van der Waals surface area contributed by atoms with Crippen LogP contribution in [0.4, 0.5) is 5.95 Å². The van der Waals surface area contributed by atoms with Crippen molar-refractivity contribution < 1.29 is 9.53 Å². The number of carbonyl (C=O) groups is 1. The van der Waals surface area contributed by atoms with Crippen molar-refractivity contribution in [3.05, 3.63) is 52.8 Å². The van der Waals surface area contributed by atoms with Gasteiger partial charge in [0.25, 0.3) is 5.91 Å². The minimum atomic E-state index is -0.0589. The number of nitrogen functional groups attached to an aromatic ring is 1. The molecule has 0 spiro atoms. The van der Waals surface area contributed by atoms with Crippen molar-refractivity contribution in [2.24, 2.45) is 5.92 Å². The molecule has 176 valence electrons. The van der Waals surface area contributed by atoms with E-state index in [1.807, 2.05) is 11.8 Å². The number of nitrogens with zero attached hydrogens (tertiary/aromatic N) is 4. The number of rotatable bonds is 6. The maximum Gasteiger partial charge on any atom is 0.272 e. The normalized spacial score (nSPS) is 21.9. The smallest absolute Gasteiger partial charge is 0.272 e. The van der Waals surface area contributed by atoms with Crippen LogP contribution in [0.25, 0.3) is 0 Å². The van der Waals surface area contributed by atoms with Gasteiger partial charge in [0.05, 0.1) is 6.10 Å². The van der Waals surface area contributed by atoms with Gasteiger partial charge in [0, 0.05) is 31.4 Å². The second-order valence-corrected chi connectivity index (χ2v) is 9.91. The van der Waals surface area contributed by atoms with Crippen LogP contribution < -0.4 is 5.73 Å². The lowest BCUT2D eigenvalue weighted by molar-refractivity contribution is 0.0426. The number of anilines is 1. The van der Waals surface area contributed by atoms with Gasteiger partial charge in [-0.2, -0.15) is 0 Å². The van der Waals surface area contributed by atoms with Gasteiger partial charge in [0.15, 0.2) is 0 Å². The molecule has 2 N–H and O–H groups in total. The van der Waals surface area contributed by atoms with E-state index in [1.165, 1.54) is 24.0 Å². The highest BCUT2D eigenvalue weighted by molar-refractivity contribution is 5.92. The van der Waals surface area contributed by atoms with E-state index in [4.69, 9.17) is 10.5 Å². The molecule has 1 aliphatic carbocycles. The quantitative estimate of drug-likeness (QED) is 0.730. The van der Waals surface area contributed by atoms with Crippen molar-refractivity contribution >= 4 is 11.9 Å². The SMILES string of the molecule is Cc1cc(C(=O)N(CC2CCN(C3Cc4ccccc4C3)CC2)CC2CCCO2)nc(N)n1. The number of hydrogen-bond donors (Lipinski definition) is 1. The number of ether oxygens (including phenoxy) is 1. The van der Waals surface area contributed by atoms with Gasteiger partial charge in [-0.25, -0.2) is 9.97 Å². The minimum absolute atomic E-state index is 0.0589. The molecule has 2 aliphatic heterocycles. The summed E-state index contributed by atoms with van der Waals surface area (Å²) in [5.41, 5.74) is 9.96. The molecule has 3 heterocycles.